The highest BCUT2D eigenvalue weighted by Gasteiger charge is 2.09. The molecule has 3 nitrogen and oxygen atoms in total. The van der Waals surface area contributed by atoms with Crippen LogP contribution in [-0.4, -0.2) is 21.2 Å². The van der Waals surface area contributed by atoms with E-state index in [1.54, 1.807) is 6.07 Å². The van der Waals surface area contributed by atoms with Crippen molar-refractivity contribution in [3.63, 3.8) is 0 Å². The predicted octanol–water partition coefficient (Wildman–Crippen LogP) is 2.96. The number of alkyl halides is 1. The molecule has 1 rings (SSSR count). The van der Waals surface area contributed by atoms with Crippen LogP contribution in [0.4, 0.5) is 0 Å². The van der Waals surface area contributed by atoms with E-state index in [1.165, 1.54) is 6.20 Å². The Kier molecular flexibility index (Phi) is 3.96. The second kappa shape index (κ2) is 4.79. The van der Waals surface area contributed by atoms with Crippen LogP contribution in [-0.2, 0) is 0 Å². The Hall–Kier alpha value is -0.320. The van der Waals surface area contributed by atoms with Crippen molar-refractivity contribution in [2.24, 2.45) is 5.16 Å². The van der Waals surface area contributed by atoms with Gasteiger partial charge in [-0.05, 0) is 6.07 Å². The Morgan fingerprint density at radius 3 is 2.77 bits per heavy atom. The first-order valence-electron chi connectivity index (χ1n) is 3.27. The maximum absolute atomic E-state index is 8.60. The minimum absolute atomic E-state index is 0.361. The summed E-state index contributed by atoms with van der Waals surface area (Å²) in [6, 6.07) is 1.54. The van der Waals surface area contributed by atoms with Crippen molar-refractivity contribution in [2.45, 2.75) is 0 Å². The molecular weight excluding hydrogens is 279 g/mol. The summed E-state index contributed by atoms with van der Waals surface area (Å²) in [5.74, 6) is 0. The van der Waals surface area contributed by atoms with Crippen molar-refractivity contribution in [3.05, 3.63) is 28.0 Å². The van der Waals surface area contributed by atoms with Crippen LogP contribution in [0.15, 0.2) is 17.4 Å². The van der Waals surface area contributed by atoms with Crippen LogP contribution in [0.1, 0.15) is 5.69 Å². The Bertz CT molecular complexity index is 343. The fourth-order valence-electron chi connectivity index (χ4n) is 0.764. The minimum atomic E-state index is 0.361. The fourth-order valence-corrected chi connectivity index (χ4v) is 1.63. The van der Waals surface area contributed by atoms with Gasteiger partial charge >= 0.3 is 0 Å². The molecule has 0 saturated carbocycles. The standard InChI is InChI=1S/C7H5BrCl2N2O/c8-2-6(12-13)7-5(10)1-4(9)3-11-7/h1,3,13H,2H2. The molecule has 70 valence electrons. The molecule has 0 amide bonds. The van der Waals surface area contributed by atoms with E-state index >= 15 is 0 Å². The second-order valence-corrected chi connectivity index (χ2v) is 3.57. The third kappa shape index (κ3) is 2.56. The molecule has 0 aliphatic rings. The molecule has 0 aliphatic heterocycles. The van der Waals surface area contributed by atoms with Crippen LogP contribution < -0.4 is 0 Å². The highest BCUT2D eigenvalue weighted by Crippen LogP contribution is 2.19. The van der Waals surface area contributed by atoms with E-state index in [4.69, 9.17) is 28.4 Å². The zero-order valence-electron chi connectivity index (χ0n) is 6.34. The van der Waals surface area contributed by atoms with Crippen molar-refractivity contribution in [3.8, 4) is 0 Å². The molecule has 0 atom stereocenters. The molecule has 0 aromatic carbocycles. The average molecular weight is 284 g/mol. The van der Waals surface area contributed by atoms with Crippen molar-refractivity contribution in [1.29, 1.82) is 0 Å². The summed E-state index contributed by atoms with van der Waals surface area (Å²) >= 11 is 14.6. The zero-order chi connectivity index (χ0) is 9.84. The molecule has 1 aromatic rings. The lowest BCUT2D eigenvalue weighted by Crippen LogP contribution is -2.05. The van der Waals surface area contributed by atoms with Gasteiger partial charge in [0, 0.05) is 6.20 Å². The smallest absolute Gasteiger partial charge is 0.117 e. The Labute approximate surface area is 93.5 Å². The van der Waals surface area contributed by atoms with E-state index in [1.807, 2.05) is 0 Å². The molecule has 0 radical (unpaired) electrons. The van der Waals surface area contributed by atoms with Gasteiger partial charge in [-0.25, -0.2) is 0 Å². The van der Waals surface area contributed by atoms with Gasteiger partial charge in [-0.3, -0.25) is 4.98 Å². The fraction of sp³-hybridized carbons (Fsp3) is 0.143. The van der Waals surface area contributed by atoms with Gasteiger partial charge < -0.3 is 5.21 Å². The van der Waals surface area contributed by atoms with Crippen molar-refractivity contribution < 1.29 is 5.21 Å². The molecule has 0 bridgehead atoms. The number of halogens is 3. The first-order valence-corrected chi connectivity index (χ1v) is 5.15. The molecule has 13 heavy (non-hydrogen) atoms. The molecule has 0 saturated heterocycles. The summed E-state index contributed by atoms with van der Waals surface area (Å²) in [5.41, 5.74) is 0.784. The van der Waals surface area contributed by atoms with Crippen molar-refractivity contribution in [1.82, 2.24) is 4.98 Å². The topological polar surface area (TPSA) is 45.5 Å². The Balaban J connectivity index is 3.15. The van der Waals surface area contributed by atoms with Gasteiger partial charge in [0.25, 0.3) is 0 Å². The molecule has 0 spiro atoms. The van der Waals surface area contributed by atoms with E-state index in [0.717, 1.165) is 0 Å². The van der Waals surface area contributed by atoms with Crippen LogP contribution >= 0.6 is 39.1 Å². The van der Waals surface area contributed by atoms with Gasteiger partial charge in [0.15, 0.2) is 0 Å². The average Bonchev–Trinajstić information content (AvgIpc) is 2.10. The van der Waals surface area contributed by atoms with E-state index in [0.29, 0.717) is 26.8 Å². The predicted molar refractivity (Wildman–Crippen MR) is 56.4 cm³/mol. The molecule has 1 N–H and O–H groups in total. The number of pyridine rings is 1. The Morgan fingerprint density at radius 2 is 2.31 bits per heavy atom. The number of hydrogen-bond acceptors (Lipinski definition) is 3. The quantitative estimate of drug-likeness (QED) is 0.393. The number of oxime groups is 1. The third-order valence-corrected chi connectivity index (χ3v) is 2.35. The summed E-state index contributed by atoms with van der Waals surface area (Å²) in [7, 11) is 0. The maximum atomic E-state index is 8.60. The van der Waals surface area contributed by atoms with E-state index in [2.05, 4.69) is 26.1 Å². The van der Waals surface area contributed by atoms with Crippen LogP contribution in [0.25, 0.3) is 0 Å². The number of hydrogen-bond donors (Lipinski definition) is 1. The Morgan fingerprint density at radius 1 is 1.62 bits per heavy atom. The van der Waals surface area contributed by atoms with Crippen LogP contribution in [0, 0.1) is 0 Å². The van der Waals surface area contributed by atoms with E-state index in [9.17, 15) is 0 Å². The van der Waals surface area contributed by atoms with E-state index in [-0.39, 0.29) is 0 Å². The molecule has 1 heterocycles. The number of rotatable bonds is 2. The highest BCUT2D eigenvalue weighted by atomic mass is 79.9. The van der Waals surface area contributed by atoms with Crippen molar-refractivity contribution >= 4 is 44.8 Å². The van der Waals surface area contributed by atoms with Gasteiger partial charge in [0.05, 0.1) is 15.4 Å². The lowest BCUT2D eigenvalue weighted by atomic mass is 10.2. The largest absolute Gasteiger partial charge is 0.411 e. The molecule has 0 unspecified atom stereocenters. The summed E-state index contributed by atoms with van der Waals surface area (Å²) in [5, 5.41) is 12.8. The van der Waals surface area contributed by atoms with Crippen LogP contribution in [0.2, 0.25) is 10.0 Å². The molecule has 1 aromatic heterocycles. The molecule has 6 heteroatoms. The first kappa shape index (κ1) is 10.8. The van der Waals surface area contributed by atoms with Crippen LogP contribution in [0.3, 0.4) is 0 Å². The lowest BCUT2D eigenvalue weighted by Gasteiger charge is -2.02. The summed E-state index contributed by atoms with van der Waals surface area (Å²) in [6.45, 7) is 0. The highest BCUT2D eigenvalue weighted by molar-refractivity contribution is 9.09. The number of nitrogens with zero attached hydrogens (tertiary/aromatic N) is 2. The summed E-state index contributed by atoms with van der Waals surface area (Å²) in [6.07, 6.45) is 1.44. The molecule has 0 aliphatic carbocycles. The molecule has 0 fully saturated rings. The first-order chi connectivity index (χ1) is 6.19. The second-order valence-electron chi connectivity index (χ2n) is 2.16. The van der Waals surface area contributed by atoms with Gasteiger partial charge in [-0.15, -0.1) is 0 Å². The number of aromatic nitrogens is 1. The van der Waals surface area contributed by atoms with Gasteiger partial charge in [-0.2, -0.15) is 0 Å². The monoisotopic (exact) mass is 282 g/mol. The van der Waals surface area contributed by atoms with Crippen LogP contribution in [0.5, 0.6) is 0 Å². The SMILES string of the molecule is ON=C(CBr)c1ncc(Cl)cc1Cl. The van der Waals surface area contributed by atoms with Gasteiger partial charge in [-0.1, -0.05) is 44.3 Å². The lowest BCUT2D eigenvalue weighted by molar-refractivity contribution is 0.319. The zero-order valence-corrected chi connectivity index (χ0v) is 9.44. The summed E-state index contributed by atoms with van der Waals surface area (Å²) in [4.78, 5) is 3.94. The van der Waals surface area contributed by atoms with Crippen molar-refractivity contribution in [2.75, 3.05) is 5.33 Å². The maximum Gasteiger partial charge on any atom is 0.117 e. The van der Waals surface area contributed by atoms with E-state index < -0.39 is 0 Å². The van der Waals surface area contributed by atoms with Gasteiger partial charge in [0.1, 0.15) is 11.4 Å². The summed E-state index contributed by atoms with van der Waals surface area (Å²) < 4.78 is 0. The van der Waals surface area contributed by atoms with Gasteiger partial charge in [0.2, 0.25) is 0 Å². The third-order valence-electron chi connectivity index (χ3n) is 1.33. The normalized spacial score (nSPS) is 11.8. The molecular formula is C7H5BrCl2N2O. The minimum Gasteiger partial charge on any atom is -0.411 e.